The summed E-state index contributed by atoms with van der Waals surface area (Å²) in [5.41, 5.74) is -0.137. The summed E-state index contributed by atoms with van der Waals surface area (Å²) in [5, 5.41) is 1.06. The summed E-state index contributed by atoms with van der Waals surface area (Å²) >= 11 is 0. The molecule has 0 unspecified atom stereocenters. The summed E-state index contributed by atoms with van der Waals surface area (Å²) in [7, 11) is 1.49. The van der Waals surface area contributed by atoms with E-state index in [1.54, 1.807) is 24.3 Å². The topological polar surface area (TPSA) is 42.1 Å². The number of pyridine rings is 1. The SMILES string of the molecule is CC.COc1cccc2c(=O)[nH]c(-c3ccc(C(F)(F)F)cc3)cc12. The van der Waals surface area contributed by atoms with Gasteiger partial charge in [-0.25, -0.2) is 0 Å². The standard InChI is InChI=1S/C17H12F3NO2.C2H6/c1-23-15-4-2-3-12-13(15)9-14(21-16(12)22)10-5-7-11(8-6-10)17(18,19)20;1-2/h2-9H,1H3,(H,21,22);1-2H3. The molecule has 1 aromatic heterocycles. The van der Waals surface area contributed by atoms with E-state index in [0.717, 1.165) is 12.1 Å². The van der Waals surface area contributed by atoms with Crippen LogP contribution in [0, 0.1) is 0 Å². The largest absolute Gasteiger partial charge is 0.496 e. The lowest BCUT2D eigenvalue weighted by Gasteiger charge is -2.09. The van der Waals surface area contributed by atoms with Gasteiger partial charge in [0.25, 0.3) is 5.56 Å². The number of H-pyrrole nitrogens is 1. The van der Waals surface area contributed by atoms with Crippen LogP contribution in [0.3, 0.4) is 0 Å². The Morgan fingerprint density at radius 3 is 2.16 bits per heavy atom. The van der Waals surface area contributed by atoms with Gasteiger partial charge in [0.2, 0.25) is 0 Å². The number of fused-ring (bicyclic) bond motifs is 1. The third-order valence-corrected chi connectivity index (χ3v) is 3.59. The second-order valence-electron chi connectivity index (χ2n) is 5.01. The Morgan fingerprint density at radius 2 is 1.60 bits per heavy atom. The number of ether oxygens (including phenoxy) is 1. The molecule has 3 rings (SSSR count). The van der Waals surface area contributed by atoms with Gasteiger partial charge in [0, 0.05) is 11.1 Å². The van der Waals surface area contributed by atoms with Crippen molar-refractivity contribution in [1.82, 2.24) is 4.98 Å². The fraction of sp³-hybridized carbons (Fsp3) is 0.211. The molecule has 0 saturated heterocycles. The third-order valence-electron chi connectivity index (χ3n) is 3.59. The zero-order valence-corrected chi connectivity index (χ0v) is 14.1. The summed E-state index contributed by atoms with van der Waals surface area (Å²) in [4.78, 5) is 14.9. The normalized spacial score (nSPS) is 11.0. The lowest BCUT2D eigenvalue weighted by Crippen LogP contribution is -2.08. The first-order valence-electron chi connectivity index (χ1n) is 7.78. The van der Waals surface area contributed by atoms with Crippen LogP contribution in [0.15, 0.2) is 53.3 Å². The second-order valence-corrected chi connectivity index (χ2v) is 5.01. The second kappa shape index (κ2) is 7.42. The molecular formula is C19H18F3NO2. The van der Waals surface area contributed by atoms with Crippen LogP contribution in [0.2, 0.25) is 0 Å². The Bertz CT molecular complexity index is 913. The molecule has 3 nitrogen and oxygen atoms in total. The summed E-state index contributed by atoms with van der Waals surface area (Å²) < 4.78 is 43.1. The van der Waals surface area contributed by atoms with Gasteiger partial charge in [0.1, 0.15) is 5.75 Å². The molecule has 0 aliphatic heterocycles. The Morgan fingerprint density at radius 1 is 0.960 bits per heavy atom. The van der Waals surface area contributed by atoms with Crippen molar-refractivity contribution >= 4 is 10.8 Å². The van der Waals surface area contributed by atoms with Gasteiger partial charge < -0.3 is 9.72 Å². The number of aromatic amines is 1. The van der Waals surface area contributed by atoms with Crippen molar-refractivity contribution in [3.05, 3.63) is 64.4 Å². The molecule has 0 saturated carbocycles. The van der Waals surface area contributed by atoms with Crippen LogP contribution in [0.5, 0.6) is 5.75 Å². The Kier molecular flexibility index (Phi) is 5.51. The maximum absolute atomic E-state index is 12.6. The van der Waals surface area contributed by atoms with Gasteiger partial charge in [0.15, 0.2) is 0 Å². The lowest BCUT2D eigenvalue weighted by atomic mass is 10.0. The van der Waals surface area contributed by atoms with E-state index in [1.807, 2.05) is 13.8 Å². The molecule has 132 valence electrons. The summed E-state index contributed by atoms with van der Waals surface area (Å²) in [6.07, 6.45) is -4.39. The maximum Gasteiger partial charge on any atom is 0.416 e. The minimum Gasteiger partial charge on any atom is -0.496 e. The molecule has 1 N–H and O–H groups in total. The molecule has 0 atom stereocenters. The first kappa shape index (κ1) is 18.6. The van der Waals surface area contributed by atoms with E-state index >= 15 is 0 Å². The van der Waals surface area contributed by atoms with Gasteiger partial charge in [-0.2, -0.15) is 13.2 Å². The summed E-state index contributed by atoms with van der Waals surface area (Å²) in [5.74, 6) is 0.529. The predicted molar refractivity (Wildman–Crippen MR) is 92.9 cm³/mol. The van der Waals surface area contributed by atoms with Crippen molar-refractivity contribution < 1.29 is 17.9 Å². The molecule has 1 heterocycles. The highest BCUT2D eigenvalue weighted by molar-refractivity contribution is 5.90. The molecule has 0 aliphatic rings. The summed E-state index contributed by atoms with van der Waals surface area (Å²) in [6, 6.07) is 11.4. The highest BCUT2D eigenvalue weighted by Crippen LogP contribution is 2.31. The molecular weight excluding hydrogens is 331 g/mol. The average molecular weight is 349 g/mol. The van der Waals surface area contributed by atoms with Crippen molar-refractivity contribution in [3.63, 3.8) is 0 Å². The number of rotatable bonds is 2. The van der Waals surface area contributed by atoms with Gasteiger partial charge in [0.05, 0.1) is 18.1 Å². The predicted octanol–water partition coefficient (Wildman–Crippen LogP) is 5.25. The monoisotopic (exact) mass is 349 g/mol. The Balaban J connectivity index is 0.00000109. The zero-order chi connectivity index (χ0) is 18.6. The number of benzene rings is 2. The number of methoxy groups -OCH3 is 1. The smallest absolute Gasteiger partial charge is 0.416 e. The fourth-order valence-electron chi connectivity index (χ4n) is 2.43. The molecule has 0 radical (unpaired) electrons. The van der Waals surface area contributed by atoms with Crippen LogP contribution in [-0.4, -0.2) is 12.1 Å². The van der Waals surface area contributed by atoms with E-state index in [2.05, 4.69) is 4.98 Å². The molecule has 6 heteroatoms. The van der Waals surface area contributed by atoms with Crippen LogP contribution in [0.4, 0.5) is 13.2 Å². The van der Waals surface area contributed by atoms with Crippen LogP contribution in [0.25, 0.3) is 22.0 Å². The van der Waals surface area contributed by atoms with Gasteiger partial charge in [-0.3, -0.25) is 4.79 Å². The number of alkyl halides is 3. The zero-order valence-electron chi connectivity index (χ0n) is 14.1. The number of nitrogens with one attached hydrogen (secondary N) is 1. The van der Waals surface area contributed by atoms with Gasteiger partial charge in [-0.1, -0.05) is 32.0 Å². The van der Waals surface area contributed by atoms with Crippen LogP contribution < -0.4 is 10.3 Å². The fourth-order valence-corrected chi connectivity index (χ4v) is 2.43. The Labute approximate surface area is 143 Å². The van der Waals surface area contributed by atoms with E-state index < -0.39 is 11.7 Å². The summed E-state index contributed by atoms with van der Waals surface area (Å²) in [6.45, 7) is 4.00. The highest BCUT2D eigenvalue weighted by Gasteiger charge is 2.30. The van der Waals surface area contributed by atoms with Crippen molar-refractivity contribution in [2.24, 2.45) is 0 Å². The van der Waals surface area contributed by atoms with E-state index in [-0.39, 0.29) is 5.56 Å². The average Bonchev–Trinajstić information content (AvgIpc) is 2.62. The van der Waals surface area contributed by atoms with E-state index in [4.69, 9.17) is 4.74 Å². The number of halogens is 3. The maximum atomic E-state index is 12.6. The molecule has 0 spiro atoms. The van der Waals surface area contributed by atoms with Crippen LogP contribution in [0.1, 0.15) is 19.4 Å². The minimum absolute atomic E-state index is 0.323. The van der Waals surface area contributed by atoms with Gasteiger partial charge in [-0.05, 0) is 35.9 Å². The Hall–Kier alpha value is -2.76. The molecule has 3 aromatic rings. The molecule has 25 heavy (non-hydrogen) atoms. The first-order valence-corrected chi connectivity index (χ1v) is 7.78. The molecule has 2 aromatic carbocycles. The number of hydrogen-bond donors (Lipinski definition) is 1. The molecule has 0 fully saturated rings. The van der Waals surface area contributed by atoms with Gasteiger partial charge in [-0.15, -0.1) is 0 Å². The van der Waals surface area contributed by atoms with E-state index in [9.17, 15) is 18.0 Å². The number of hydrogen-bond acceptors (Lipinski definition) is 2. The van der Waals surface area contributed by atoms with Crippen molar-refractivity contribution in [3.8, 4) is 17.0 Å². The molecule has 0 bridgehead atoms. The minimum atomic E-state index is -4.39. The van der Waals surface area contributed by atoms with E-state index in [1.165, 1.54) is 19.2 Å². The van der Waals surface area contributed by atoms with Crippen molar-refractivity contribution in [2.75, 3.05) is 7.11 Å². The molecule has 0 aliphatic carbocycles. The van der Waals surface area contributed by atoms with Crippen molar-refractivity contribution in [2.45, 2.75) is 20.0 Å². The highest BCUT2D eigenvalue weighted by atomic mass is 19.4. The van der Waals surface area contributed by atoms with Crippen LogP contribution >= 0.6 is 0 Å². The quantitative estimate of drug-likeness (QED) is 0.687. The first-order chi connectivity index (χ1) is 11.9. The van der Waals surface area contributed by atoms with Gasteiger partial charge >= 0.3 is 6.18 Å². The molecule has 0 amide bonds. The van der Waals surface area contributed by atoms with Crippen molar-refractivity contribution in [1.29, 1.82) is 0 Å². The third kappa shape index (κ3) is 3.84. The lowest BCUT2D eigenvalue weighted by molar-refractivity contribution is -0.137. The van der Waals surface area contributed by atoms with Crippen LogP contribution in [-0.2, 0) is 6.18 Å². The van der Waals surface area contributed by atoms with E-state index in [0.29, 0.717) is 27.8 Å². The number of aromatic nitrogens is 1.